The van der Waals surface area contributed by atoms with Gasteiger partial charge in [0, 0.05) is 11.3 Å². The van der Waals surface area contributed by atoms with Gasteiger partial charge in [-0.1, -0.05) is 60.4 Å². The Hall–Kier alpha value is -3.49. The van der Waals surface area contributed by atoms with E-state index in [4.69, 9.17) is 17.0 Å². The van der Waals surface area contributed by atoms with E-state index in [0.29, 0.717) is 31.9 Å². The number of ether oxygens (including phenoxy) is 1. The van der Waals surface area contributed by atoms with Crippen molar-refractivity contribution in [2.24, 2.45) is 0 Å². The lowest BCUT2D eigenvalue weighted by molar-refractivity contribution is -0.118. The molecular weight excluding hydrogens is 447 g/mol. The highest BCUT2D eigenvalue weighted by Gasteiger charge is 2.33. The molecule has 1 heterocycles. The van der Waals surface area contributed by atoms with Crippen molar-refractivity contribution in [1.82, 2.24) is 0 Å². The third kappa shape index (κ3) is 5.04. The van der Waals surface area contributed by atoms with Crippen LogP contribution in [-0.2, 0) is 9.59 Å². The van der Waals surface area contributed by atoms with Crippen molar-refractivity contribution in [2.45, 2.75) is 0 Å². The maximum absolute atomic E-state index is 13.2. The Bertz CT molecular complexity index is 1200. The molecule has 1 N–H and O–H groups in total. The van der Waals surface area contributed by atoms with E-state index in [-0.39, 0.29) is 18.4 Å². The molecule has 0 spiro atoms. The van der Waals surface area contributed by atoms with Crippen LogP contribution in [0.2, 0.25) is 0 Å². The number of hydrogen-bond acceptors (Lipinski definition) is 5. The molecule has 0 aliphatic carbocycles. The summed E-state index contributed by atoms with van der Waals surface area (Å²) in [7, 11) is 0. The zero-order valence-corrected chi connectivity index (χ0v) is 18.3. The van der Waals surface area contributed by atoms with Crippen LogP contribution in [0, 0.1) is 5.82 Å². The summed E-state index contributed by atoms with van der Waals surface area (Å²) in [5.41, 5.74) is 1.82. The normalized spacial score (nSPS) is 14.7. The van der Waals surface area contributed by atoms with E-state index in [1.54, 1.807) is 36.4 Å². The molecule has 4 rings (SSSR count). The largest absolute Gasteiger partial charge is 0.483 e. The van der Waals surface area contributed by atoms with Gasteiger partial charge in [-0.15, -0.1) is 0 Å². The second kappa shape index (κ2) is 9.76. The molecule has 1 saturated heterocycles. The molecule has 0 aromatic heterocycles. The number of benzene rings is 3. The number of nitrogens with zero attached hydrogens (tertiary/aromatic N) is 1. The lowest BCUT2D eigenvalue weighted by Gasteiger charge is -2.14. The fourth-order valence-corrected chi connectivity index (χ4v) is 4.30. The molecule has 1 aliphatic rings. The van der Waals surface area contributed by atoms with Crippen molar-refractivity contribution < 1.29 is 18.7 Å². The molecule has 1 fully saturated rings. The van der Waals surface area contributed by atoms with Gasteiger partial charge in [0.2, 0.25) is 0 Å². The Labute approximate surface area is 193 Å². The fraction of sp³-hybridized carbons (Fsp3) is 0.0417. The zero-order valence-electron chi connectivity index (χ0n) is 16.7. The number of carbonyl (C=O) groups is 2. The molecule has 1 aliphatic heterocycles. The first-order chi connectivity index (χ1) is 15.5. The number of hydrogen-bond donors (Lipinski definition) is 1. The van der Waals surface area contributed by atoms with Crippen LogP contribution in [0.1, 0.15) is 5.56 Å². The summed E-state index contributed by atoms with van der Waals surface area (Å²) in [6, 6.07) is 21.8. The van der Waals surface area contributed by atoms with E-state index in [9.17, 15) is 14.0 Å². The number of carbonyl (C=O) groups excluding carboxylic acids is 2. The van der Waals surface area contributed by atoms with E-state index < -0.39 is 5.82 Å². The van der Waals surface area contributed by atoms with Crippen LogP contribution in [0.3, 0.4) is 0 Å². The van der Waals surface area contributed by atoms with Crippen molar-refractivity contribution in [3.8, 4) is 5.75 Å². The van der Waals surface area contributed by atoms with Crippen LogP contribution >= 0.6 is 24.0 Å². The van der Waals surface area contributed by atoms with Crippen LogP contribution in [0.5, 0.6) is 5.75 Å². The number of amides is 2. The molecule has 32 heavy (non-hydrogen) atoms. The molecule has 0 unspecified atom stereocenters. The van der Waals surface area contributed by atoms with Gasteiger partial charge in [-0.2, -0.15) is 0 Å². The van der Waals surface area contributed by atoms with E-state index in [1.807, 2.05) is 24.3 Å². The average molecular weight is 465 g/mol. The number of halogens is 1. The summed E-state index contributed by atoms with van der Waals surface area (Å²) in [6.45, 7) is -0.184. The van der Waals surface area contributed by atoms with Crippen LogP contribution in [-0.4, -0.2) is 22.7 Å². The summed E-state index contributed by atoms with van der Waals surface area (Å²) in [4.78, 5) is 26.9. The van der Waals surface area contributed by atoms with Gasteiger partial charge in [-0.25, -0.2) is 4.39 Å². The van der Waals surface area contributed by atoms with Gasteiger partial charge in [0.15, 0.2) is 10.9 Å². The highest BCUT2D eigenvalue weighted by Crippen LogP contribution is 2.37. The molecule has 3 aromatic rings. The highest BCUT2D eigenvalue weighted by atomic mass is 32.2. The molecule has 5 nitrogen and oxygen atoms in total. The van der Waals surface area contributed by atoms with Crippen molar-refractivity contribution in [1.29, 1.82) is 0 Å². The number of thiocarbonyl (C=S) groups is 1. The van der Waals surface area contributed by atoms with Gasteiger partial charge in [0.05, 0.1) is 10.6 Å². The highest BCUT2D eigenvalue weighted by molar-refractivity contribution is 8.27. The first kappa shape index (κ1) is 21.7. The summed E-state index contributed by atoms with van der Waals surface area (Å²) >= 11 is 6.51. The van der Waals surface area contributed by atoms with Crippen LogP contribution in [0.25, 0.3) is 6.08 Å². The summed E-state index contributed by atoms with van der Waals surface area (Å²) in [6.07, 6.45) is 1.67. The van der Waals surface area contributed by atoms with Gasteiger partial charge in [-0.3, -0.25) is 14.5 Å². The topological polar surface area (TPSA) is 58.6 Å². The smallest absolute Gasteiger partial charge is 0.270 e. The number of para-hydroxylation sites is 2. The fourth-order valence-electron chi connectivity index (χ4n) is 3.01. The van der Waals surface area contributed by atoms with Crippen molar-refractivity contribution in [3.05, 3.63) is 95.1 Å². The molecular formula is C24H17FN2O3S2. The van der Waals surface area contributed by atoms with E-state index in [0.717, 1.165) is 11.8 Å². The van der Waals surface area contributed by atoms with Gasteiger partial charge in [0.1, 0.15) is 11.6 Å². The van der Waals surface area contributed by atoms with E-state index in [1.165, 1.54) is 29.2 Å². The second-order valence-electron chi connectivity index (χ2n) is 6.73. The Balaban J connectivity index is 1.48. The molecule has 3 aromatic carbocycles. The van der Waals surface area contributed by atoms with Crippen LogP contribution < -0.4 is 15.0 Å². The van der Waals surface area contributed by atoms with Crippen molar-refractivity contribution in [3.63, 3.8) is 0 Å². The third-order valence-corrected chi connectivity index (χ3v) is 5.80. The number of nitrogens with one attached hydrogen (secondary N) is 1. The van der Waals surface area contributed by atoms with Gasteiger partial charge >= 0.3 is 0 Å². The minimum atomic E-state index is -0.392. The first-order valence-corrected chi connectivity index (χ1v) is 10.8. The minimum absolute atomic E-state index is 0.184. The lowest BCUT2D eigenvalue weighted by atomic mass is 10.2. The monoisotopic (exact) mass is 464 g/mol. The van der Waals surface area contributed by atoms with Gasteiger partial charge < -0.3 is 10.1 Å². The number of rotatable bonds is 6. The summed E-state index contributed by atoms with van der Waals surface area (Å²) < 4.78 is 19.3. The molecule has 2 amide bonds. The third-order valence-electron chi connectivity index (χ3n) is 4.50. The maximum Gasteiger partial charge on any atom is 0.270 e. The lowest BCUT2D eigenvalue weighted by Crippen LogP contribution is -2.27. The Morgan fingerprint density at radius 3 is 2.47 bits per heavy atom. The molecule has 160 valence electrons. The first-order valence-electron chi connectivity index (χ1n) is 9.61. The van der Waals surface area contributed by atoms with E-state index in [2.05, 4.69) is 5.32 Å². The predicted octanol–water partition coefficient (Wildman–Crippen LogP) is 5.25. The van der Waals surface area contributed by atoms with Crippen molar-refractivity contribution in [2.75, 3.05) is 16.8 Å². The quantitative estimate of drug-likeness (QED) is 0.399. The van der Waals surface area contributed by atoms with Gasteiger partial charge in [-0.05, 0) is 48.5 Å². The van der Waals surface area contributed by atoms with Crippen molar-refractivity contribution >= 4 is 57.6 Å². The molecule has 8 heteroatoms. The Morgan fingerprint density at radius 2 is 1.72 bits per heavy atom. The Kier molecular flexibility index (Phi) is 6.63. The zero-order chi connectivity index (χ0) is 22.5. The molecule has 0 saturated carbocycles. The molecule has 0 radical (unpaired) electrons. The summed E-state index contributed by atoms with van der Waals surface area (Å²) in [5.74, 6) is -0.531. The summed E-state index contributed by atoms with van der Waals surface area (Å²) in [5, 5.41) is 2.76. The van der Waals surface area contributed by atoms with Crippen LogP contribution in [0.15, 0.2) is 83.8 Å². The number of anilines is 2. The van der Waals surface area contributed by atoms with Gasteiger partial charge in [0.25, 0.3) is 11.8 Å². The predicted molar refractivity (Wildman–Crippen MR) is 129 cm³/mol. The molecule has 0 bridgehead atoms. The molecule has 0 atom stereocenters. The Morgan fingerprint density at radius 1 is 1.03 bits per heavy atom. The maximum atomic E-state index is 13.2. The van der Waals surface area contributed by atoms with E-state index >= 15 is 0 Å². The second-order valence-corrected chi connectivity index (χ2v) is 8.41. The number of thioether (sulfide) groups is 1. The minimum Gasteiger partial charge on any atom is -0.483 e. The SMILES string of the molecule is O=C(COc1ccccc1/C=C1\SC(=S)N(c2ccc(F)cc2)C1=O)Nc1ccccc1. The standard InChI is InChI=1S/C24H17FN2O3S2/c25-17-10-12-19(13-11-17)27-23(29)21(32-24(27)31)14-16-6-4-5-9-20(16)30-15-22(28)26-18-7-2-1-3-8-18/h1-14H,15H2,(H,26,28)/b21-14-. The van der Waals surface area contributed by atoms with Crippen LogP contribution in [0.4, 0.5) is 15.8 Å². The average Bonchev–Trinajstić information content (AvgIpc) is 3.07.